The topological polar surface area (TPSA) is 107 Å². The summed E-state index contributed by atoms with van der Waals surface area (Å²) >= 11 is 5.37. The quantitative estimate of drug-likeness (QED) is 0.491. The maximum absolute atomic E-state index is 13.1. The van der Waals surface area contributed by atoms with Gasteiger partial charge in [0, 0.05) is 54.2 Å². The third kappa shape index (κ3) is 4.48. The molecule has 0 radical (unpaired) electrons. The standard InChI is InChI=1S/C25H34ClN7OS/c1-16-21(17-13-20(27)29-14-18(17)26)22-28-10-12-33(22)23(30-16)32-11-9-25(7-5-6-8-25)19(15-32)31-35(34)24(2,3)4/h10,12-14,19,31H,5-9,11,15H2,1-4H3,(H2,27,29)/t19?,35-/m1/s1. The number of nitrogens with one attached hydrogen (secondary N) is 1. The van der Waals surface area contributed by atoms with Crippen LogP contribution in [-0.2, 0) is 11.4 Å². The largest absolute Gasteiger partial charge is 0.598 e. The Morgan fingerprint density at radius 1 is 1.23 bits per heavy atom. The molecule has 8 nitrogen and oxygen atoms in total. The van der Waals surface area contributed by atoms with E-state index in [1.807, 2.05) is 38.3 Å². The molecule has 1 spiro atoms. The van der Waals surface area contributed by atoms with E-state index >= 15 is 0 Å². The van der Waals surface area contributed by atoms with Gasteiger partial charge in [-0.3, -0.25) is 4.40 Å². The molecule has 1 saturated heterocycles. The molecule has 0 bridgehead atoms. The van der Waals surface area contributed by atoms with Crippen LogP contribution in [0.3, 0.4) is 0 Å². The van der Waals surface area contributed by atoms with Crippen LogP contribution >= 0.6 is 11.6 Å². The second kappa shape index (κ2) is 9.10. The summed E-state index contributed by atoms with van der Waals surface area (Å²) in [7, 11) is 0. The number of aryl methyl sites for hydroxylation is 1. The molecule has 188 valence electrons. The first-order valence-electron chi connectivity index (χ1n) is 12.3. The molecule has 2 fully saturated rings. The van der Waals surface area contributed by atoms with E-state index < -0.39 is 11.4 Å². The van der Waals surface area contributed by atoms with Gasteiger partial charge in [0.05, 0.1) is 16.8 Å². The maximum atomic E-state index is 13.1. The summed E-state index contributed by atoms with van der Waals surface area (Å²) in [5.74, 6) is 1.24. The number of hydrogen-bond acceptors (Lipinski definition) is 7. The predicted molar refractivity (Wildman–Crippen MR) is 143 cm³/mol. The Hall–Kier alpha value is -2.07. The second-order valence-corrected chi connectivity index (χ2v) is 13.3. The summed E-state index contributed by atoms with van der Waals surface area (Å²) in [5, 5.41) is 0.511. The van der Waals surface area contributed by atoms with E-state index in [1.54, 1.807) is 18.5 Å². The molecule has 10 heteroatoms. The summed E-state index contributed by atoms with van der Waals surface area (Å²) < 4.78 is 18.4. The Kier molecular flexibility index (Phi) is 6.40. The van der Waals surface area contributed by atoms with Crippen LogP contribution in [0, 0.1) is 12.3 Å². The van der Waals surface area contributed by atoms with E-state index in [0.717, 1.165) is 47.9 Å². The minimum atomic E-state index is -1.13. The number of rotatable bonds is 4. The summed E-state index contributed by atoms with van der Waals surface area (Å²) in [4.78, 5) is 16.1. The van der Waals surface area contributed by atoms with Crippen molar-refractivity contribution in [3.05, 3.63) is 35.4 Å². The molecule has 1 saturated carbocycles. The zero-order chi connectivity index (χ0) is 25.0. The molecule has 2 atom stereocenters. The van der Waals surface area contributed by atoms with Gasteiger partial charge >= 0.3 is 0 Å². The van der Waals surface area contributed by atoms with Crippen molar-refractivity contribution in [3.63, 3.8) is 0 Å². The average molecular weight is 516 g/mol. The number of imidazole rings is 1. The molecule has 35 heavy (non-hydrogen) atoms. The third-order valence-corrected chi connectivity index (χ3v) is 9.48. The van der Waals surface area contributed by atoms with Crippen LogP contribution in [0.4, 0.5) is 11.8 Å². The van der Waals surface area contributed by atoms with E-state index in [1.165, 1.54) is 25.7 Å². The predicted octanol–water partition coefficient (Wildman–Crippen LogP) is 4.53. The Morgan fingerprint density at radius 2 is 1.97 bits per heavy atom. The second-order valence-electron chi connectivity index (χ2n) is 10.9. The van der Waals surface area contributed by atoms with Gasteiger partial charge in [0.2, 0.25) is 5.95 Å². The summed E-state index contributed by atoms with van der Waals surface area (Å²) in [6.07, 6.45) is 11.2. The first-order chi connectivity index (χ1) is 16.6. The number of pyridine rings is 1. The van der Waals surface area contributed by atoms with Crippen molar-refractivity contribution in [2.45, 2.75) is 70.6 Å². The monoisotopic (exact) mass is 515 g/mol. The Labute approximate surface area is 215 Å². The van der Waals surface area contributed by atoms with Gasteiger partial charge in [-0.25, -0.2) is 15.0 Å². The van der Waals surface area contributed by atoms with E-state index in [2.05, 4.69) is 19.6 Å². The first kappa shape index (κ1) is 24.6. The van der Waals surface area contributed by atoms with E-state index in [9.17, 15) is 4.55 Å². The molecule has 1 aliphatic carbocycles. The molecule has 3 N–H and O–H groups in total. The Morgan fingerprint density at radius 3 is 2.69 bits per heavy atom. The molecule has 5 rings (SSSR count). The lowest BCUT2D eigenvalue weighted by Gasteiger charge is -2.47. The highest BCUT2D eigenvalue weighted by Gasteiger charge is 2.48. The van der Waals surface area contributed by atoms with Crippen molar-refractivity contribution in [2.75, 3.05) is 23.7 Å². The van der Waals surface area contributed by atoms with Crippen LogP contribution < -0.4 is 15.4 Å². The minimum Gasteiger partial charge on any atom is -0.598 e. The van der Waals surface area contributed by atoms with Crippen LogP contribution in [0.25, 0.3) is 16.8 Å². The van der Waals surface area contributed by atoms with Crippen molar-refractivity contribution < 1.29 is 4.55 Å². The molecular weight excluding hydrogens is 482 g/mol. The highest BCUT2D eigenvalue weighted by molar-refractivity contribution is 7.90. The molecule has 3 aromatic heterocycles. The van der Waals surface area contributed by atoms with Gasteiger partial charge in [-0.2, -0.15) is 0 Å². The van der Waals surface area contributed by atoms with Crippen molar-refractivity contribution in [1.82, 2.24) is 24.1 Å². The number of piperidine rings is 1. The van der Waals surface area contributed by atoms with Crippen LogP contribution in [0.5, 0.6) is 0 Å². The highest BCUT2D eigenvalue weighted by Crippen LogP contribution is 2.47. The van der Waals surface area contributed by atoms with Gasteiger partial charge in [0.15, 0.2) is 0 Å². The van der Waals surface area contributed by atoms with E-state index in [4.69, 9.17) is 22.3 Å². The molecule has 1 aliphatic heterocycles. The maximum Gasteiger partial charge on any atom is 0.211 e. The number of nitrogens with two attached hydrogens (primary N) is 1. The van der Waals surface area contributed by atoms with Gasteiger partial charge in [-0.1, -0.05) is 24.4 Å². The van der Waals surface area contributed by atoms with Crippen LogP contribution in [0.1, 0.15) is 58.6 Å². The summed E-state index contributed by atoms with van der Waals surface area (Å²) in [5.41, 5.74) is 9.40. The summed E-state index contributed by atoms with van der Waals surface area (Å²) in [6.45, 7) is 9.70. The lowest BCUT2D eigenvalue weighted by Crippen LogP contribution is -2.60. The number of aromatic nitrogens is 4. The molecule has 0 aromatic carbocycles. The molecular formula is C25H34ClN7OS. The molecule has 2 aliphatic rings. The van der Waals surface area contributed by atoms with Gasteiger partial charge in [-0.05, 0) is 58.4 Å². The molecule has 3 aromatic rings. The van der Waals surface area contributed by atoms with Crippen LogP contribution in [0.15, 0.2) is 24.7 Å². The zero-order valence-corrected chi connectivity index (χ0v) is 22.4. The SMILES string of the molecule is Cc1nc(N2CCC3(CCCC3)C(N[S@+]([O-])C(C)(C)C)C2)n2ccnc2c1-c1cc(N)ncc1Cl. The Balaban J connectivity index is 1.53. The fraction of sp³-hybridized carbons (Fsp3) is 0.560. The van der Waals surface area contributed by atoms with E-state index in [-0.39, 0.29) is 16.2 Å². The number of hydrogen-bond donors (Lipinski definition) is 2. The number of anilines is 2. The smallest absolute Gasteiger partial charge is 0.211 e. The van der Waals surface area contributed by atoms with E-state index in [0.29, 0.717) is 10.8 Å². The zero-order valence-electron chi connectivity index (χ0n) is 20.8. The lowest BCUT2D eigenvalue weighted by atomic mass is 9.73. The minimum absolute atomic E-state index is 0.133. The van der Waals surface area contributed by atoms with Gasteiger partial charge in [0.25, 0.3) is 0 Å². The average Bonchev–Trinajstić information content (AvgIpc) is 3.47. The van der Waals surface area contributed by atoms with Gasteiger partial charge in [0.1, 0.15) is 16.2 Å². The number of fused-ring (bicyclic) bond motifs is 1. The molecule has 0 amide bonds. The van der Waals surface area contributed by atoms with Crippen LogP contribution in [0.2, 0.25) is 5.02 Å². The number of nitrogen functional groups attached to an aromatic ring is 1. The Bertz CT molecular complexity index is 1230. The van der Waals surface area contributed by atoms with Crippen LogP contribution in [-0.4, -0.2) is 47.8 Å². The van der Waals surface area contributed by atoms with Crippen molar-refractivity contribution in [3.8, 4) is 11.1 Å². The lowest BCUT2D eigenvalue weighted by molar-refractivity contribution is 0.174. The van der Waals surface area contributed by atoms with Gasteiger partial charge in [-0.15, -0.1) is 4.72 Å². The van der Waals surface area contributed by atoms with Crippen molar-refractivity contribution in [1.29, 1.82) is 0 Å². The first-order valence-corrected chi connectivity index (χ1v) is 13.8. The highest BCUT2D eigenvalue weighted by atomic mass is 35.5. The van der Waals surface area contributed by atoms with Crippen molar-refractivity contribution >= 4 is 40.4 Å². The third-order valence-electron chi connectivity index (χ3n) is 7.56. The fourth-order valence-corrected chi connectivity index (χ4v) is 6.76. The summed E-state index contributed by atoms with van der Waals surface area (Å²) in [6, 6.07) is 1.90. The number of halogens is 1. The normalized spacial score (nSPS) is 21.2. The molecule has 4 heterocycles. The fourth-order valence-electron chi connectivity index (χ4n) is 5.62. The van der Waals surface area contributed by atoms with Crippen molar-refractivity contribution in [2.24, 2.45) is 5.41 Å². The number of nitrogens with zero attached hydrogens (tertiary/aromatic N) is 5. The molecule has 1 unspecified atom stereocenters. The van der Waals surface area contributed by atoms with Gasteiger partial charge < -0.3 is 15.2 Å².